The Labute approximate surface area is 150 Å². The van der Waals surface area contributed by atoms with Gasteiger partial charge in [-0.1, -0.05) is 91.0 Å². The SMILES string of the molecule is N#CCC(c1ccccc1)N(Cc1ccccc1)Cc1ccccc1. The van der Waals surface area contributed by atoms with E-state index in [-0.39, 0.29) is 6.04 Å². The molecule has 25 heavy (non-hydrogen) atoms. The average molecular weight is 326 g/mol. The maximum Gasteiger partial charge on any atom is 0.0641 e. The van der Waals surface area contributed by atoms with Crippen molar-refractivity contribution in [1.82, 2.24) is 4.90 Å². The second-order valence-corrected chi connectivity index (χ2v) is 6.16. The van der Waals surface area contributed by atoms with Crippen LogP contribution in [0, 0.1) is 11.3 Å². The molecule has 1 atom stereocenters. The summed E-state index contributed by atoms with van der Waals surface area (Å²) < 4.78 is 0. The minimum absolute atomic E-state index is 0.0756. The van der Waals surface area contributed by atoms with Crippen LogP contribution in [0.4, 0.5) is 0 Å². The molecule has 2 nitrogen and oxygen atoms in total. The van der Waals surface area contributed by atoms with E-state index in [4.69, 9.17) is 0 Å². The summed E-state index contributed by atoms with van der Waals surface area (Å²) in [7, 11) is 0. The first-order valence-corrected chi connectivity index (χ1v) is 8.60. The molecule has 0 aliphatic rings. The van der Waals surface area contributed by atoms with E-state index in [1.807, 2.05) is 30.3 Å². The van der Waals surface area contributed by atoms with Crippen LogP contribution < -0.4 is 0 Å². The molecule has 0 spiro atoms. The van der Waals surface area contributed by atoms with Gasteiger partial charge in [-0.15, -0.1) is 0 Å². The second kappa shape index (κ2) is 8.82. The van der Waals surface area contributed by atoms with Crippen LogP contribution in [0.25, 0.3) is 0 Å². The Morgan fingerprint density at radius 3 is 1.56 bits per heavy atom. The topological polar surface area (TPSA) is 27.0 Å². The average Bonchev–Trinajstić information content (AvgIpc) is 2.68. The fourth-order valence-electron chi connectivity index (χ4n) is 3.13. The molecule has 0 N–H and O–H groups in total. The summed E-state index contributed by atoms with van der Waals surface area (Å²) in [6.45, 7) is 1.63. The zero-order valence-corrected chi connectivity index (χ0v) is 14.3. The summed E-state index contributed by atoms with van der Waals surface area (Å²) in [4.78, 5) is 2.39. The maximum absolute atomic E-state index is 9.40. The van der Waals surface area contributed by atoms with Gasteiger partial charge < -0.3 is 0 Å². The summed E-state index contributed by atoms with van der Waals surface area (Å²) in [6.07, 6.45) is 0.476. The molecule has 0 fully saturated rings. The van der Waals surface area contributed by atoms with Crippen LogP contribution in [-0.2, 0) is 13.1 Å². The lowest BCUT2D eigenvalue weighted by Crippen LogP contribution is -2.28. The van der Waals surface area contributed by atoms with Crippen molar-refractivity contribution < 1.29 is 0 Å². The molecule has 1 unspecified atom stereocenters. The highest BCUT2D eigenvalue weighted by Crippen LogP contribution is 2.27. The van der Waals surface area contributed by atoms with E-state index < -0.39 is 0 Å². The van der Waals surface area contributed by atoms with Gasteiger partial charge >= 0.3 is 0 Å². The third-order valence-corrected chi connectivity index (χ3v) is 4.37. The number of hydrogen-bond acceptors (Lipinski definition) is 2. The highest BCUT2D eigenvalue weighted by atomic mass is 15.2. The molecule has 0 bridgehead atoms. The summed E-state index contributed by atoms with van der Waals surface area (Å²) >= 11 is 0. The van der Waals surface area contributed by atoms with Crippen molar-refractivity contribution in [3.05, 3.63) is 108 Å². The van der Waals surface area contributed by atoms with Gasteiger partial charge in [-0.2, -0.15) is 5.26 Å². The molecule has 0 saturated heterocycles. The van der Waals surface area contributed by atoms with Crippen molar-refractivity contribution in [2.75, 3.05) is 0 Å². The number of nitriles is 1. The van der Waals surface area contributed by atoms with Gasteiger partial charge in [0.1, 0.15) is 0 Å². The molecule has 0 aliphatic carbocycles. The maximum atomic E-state index is 9.40. The highest BCUT2D eigenvalue weighted by molar-refractivity contribution is 5.23. The Morgan fingerprint density at radius 1 is 0.680 bits per heavy atom. The van der Waals surface area contributed by atoms with Crippen LogP contribution in [-0.4, -0.2) is 4.90 Å². The third kappa shape index (κ3) is 4.79. The molecule has 3 aromatic rings. The van der Waals surface area contributed by atoms with Crippen molar-refractivity contribution in [1.29, 1.82) is 5.26 Å². The van der Waals surface area contributed by atoms with E-state index in [1.54, 1.807) is 0 Å². The van der Waals surface area contributed by atoms with Crippen molar-refractivity contribution in [3.8, 4) is 6.07 Å². The Bertz CT molecular complexity index is 750. The van der Waals surface area contributed by atoms with Crippen molar-refractivity contribution in [2.24, 2.45) is 0 Å². The first-order valence-electron chi connectivity index (χ1n) is 8.60. The van der Waals surface area contributed by atoms with Gasteiger partial charge in [0.15, 0.2) is 0 Å². The molecule has 0 heterocycles. The molecule has 3 rings (SSSR count). The molecule has 0 aromatic heterocycles. The smallest absolute Gasteiger partial charge is 0.0641 e. The molecule has 124 valence electrons. The molecular formula is C23H22N2. The van der Waals surface area contributed by atoms with Crippen LogP contribution >= 0.6 is 0 Å². The zero-order chi connectivity index (χ0) is 17.3. The number of hydrogen-bond donors (Lipinski definition) is 0. The van der Waals surface area contributed by atoms with E-state index >= 15 is 0 Å². The fourth-order valence-corrected chi connectivity index (χ4v) is 3.13. The Kier molecular flexibility index (Phi) is 5.98. The monoisotopic (exact) mass is 326 g/mol. The number of nitrogens with zero attached hydrogens (tertiary/aromatic N) is 2. The van der Waals surface area contributed by atoms with E-state index in [0.717, 1.165) is 13.1 Å². The standard InChI is InChI=1S/C23H22N2/c24-17-16-23(22-14-8-3-9-15-22)25(18-20-10-4-1-5-11-20)19-21-12-6-2-7-13-21/h1-15,23H,16,18-19H2. The molecule has 3 aromatic carbocycles. The van der Waals surface area contributed by atoms with Crippen molar-refractivity contribution >= 4 is 0 Å². The Balaban J connectivity index is 1.91. The molecule has 2 heteroatoms. The largest absolute Gasteiger partial charge is 0.287 e. The van der Waals surface area contributed by atoms with Gasteiger partial charge in [-0.05, 0) is 16.7 Å². The van der Waals surface area contributed by atoms with E-state index in [0.29, 0.717) is 6.42 Å². The molecule has 0 amide bonds. The predicted octanol–water partition coefficient (Wildman–Crippen LogP) is 5.34. The minimum Gasteiger partial charge on any atom is -0.287 e. The number of benzene rings is 3. The van der Waals surface area contributed by atoms with E-state index in [1.165, 1.54) is 16.7 Å². The summed E-state index contributed by atoms with van der Waals surface area (Å²) in [5.74, 6) is 0. The quantitative estimate of drug-likeness (QED) is 0.585. The lowest BCUT2D eigenvalue weighted by Gasteiger charge is -2.31. The number of rotatable bonds is 7. The summed E-state index contributed by atoms with van der Waals surface area (Å²) in [6, 6.07) is 33.7. The lowest BCUT2D eigenvalue weighted by atomic mass is 10.0. The Morgan fingerprint density at radius 2 is 1.12 bits per heavy atom. The normalized spacial score (nSPS) is 11.8. The predicted molar refractivity (Wildman–Crippen MR) is 102 cm³/mol. The van der Waals surface area contributed by atoms with Crippen LogP contribution in [0.2, 0.25) is 0 Å². The fraction of sp³-hybridized carbons (Fsp3) is 0.174. The van der Waals surface area contributed by atoms with Crippen molar-refractivity contribution in [3.63, 3.8) is 0 Å². The molecule has 0 aliphatic heterocycles. The van der Waals surface area contributed by atoms with E-state index in [2.05, 4.69) is 71.6 Å². The van der Waals surface area contributed by atoms with Crippen LogP contribution in [0.15, 0.2) is 91.0 Å². The molecular weight excluding hydrogens is 304 g/mol. The first-order chi connectivity index (χ1) is 12.4. The zero-order valence-electron chi connectivity index (χ0n) is 14.3. The van der Waals surface area contributed by atoms with Gasteiger partial charge in [0.05, 0.1) is 12.5 Å². The van der Waals surface area contributed by atoms with Gasteiger partial charge in [0.25, 0.3) is 0 Å². The van der Waals surface area contributed by atoms with Crippen LogP contribution in [0.5, 0.6) is 0 Å². The van der Waals surface area contributed by atoms with Crippen LogP contribution in [0.1, 0.15) is 29.2 Å². The minimum atomic E-state index is 0.0756. The Hall–Kier alpha value is -2.89. The summed E-state index contributed by atoms with van der Waals surface area (Å²) in [5, 5.41) is 9.40. The van der Waals surface area contributed by atoms with Gasteiger partial charge in [0, 0.05) is 19.1 Å². The third-order valence-electron chi connectivity index (χ3n) is 4.37. The van der Waals surface area contributed by atoms with Crippen molar-refractivity contribution in [2.45, 2.75) is 25.6 Å². The first kappa shape index (κ1) is 17.0. The van der Waals surface area contributed by atoms with Gasteiger partial charge in [-0.25, -0.2) is 0 Å². The van der Waals surface area contributed by atoms with E-state index in [9.17, 15) is 5.26 Å². The lowest BCUT2D eigenvalue weighted by molar-refractivity contribution is 0.181. The highest BCUT2D eigenvalue weighted by Gasteiger charge is 2.20. The second-order valence-electron chi connectivity index (χ2n) is 6.16. The van der Waals surface area contributed by atoms with Crippen LogP contribution in [0.3, 0.4) is 0 Å². The molecule has 0 radical (unpaired) electrons. The summed E-state index contributed by atoms with van der Waals surface area (Å²) in [5.41, 5.74) is 3.71. The van der Waals surface area contributed by atoms with Gasteiger partial charge in [-0.3, -0.25) is 4.90 Å². The van der Waals surface area contributed by atoms with Gasteiger partial charge in [0.2, 0.25) is 0 Å². The molecule has 0 saturated carbocycles.